The van der Waals surface area contributed by atoms with E-state index in [9.17, 15) is 77.6 Å². The van der Waals surface area contributed by atoms with Crippen molar-refractivity contribution in [2.75, 3.05) is 19.6 Å². The smallest absolute Gasteiger partial charge is 0.326 e. The number of nitrogens with two attached hydrogens (primary N) is 5. The van der Waals surface area contributed by atoms with Crippen LogP contribution in [0.3, 0.4) is 0 Å². The molecule has 0 heterocycles. The van der Waals surface area contributed by atoms with Gasteiger partial charge in [0, 0.05) is 12.8 Å². The number of primary amides is 1. The van der Waals surface area contributed by atoms with Gasteiger partial charge >= 0.3 is 17.9 Å². The molecule has 0 aliphatic carbocycles. The molecule has 0 saturated heterocycles. The first-order valence-electron chi connectivity index (χ1n) is 28.6. The Morgan fingerprint density at radius 2 is 0.706 bits per heavy atom. The lowest BCUT2D eigenvalue weighted by molar-refractivity contribution is -0.143. The van der Waals surface area contributed by atoms with Crippen LogP contribution in [0.5, 0.6) is 0 Å². The van der Waals surface area contributed by atoms with Gasteiger partial charge in [0.05, 0.1) is 18.9 Å². The van der Waals surface area contributed by atoms with E-state index in [1.165, 1.54) is 6.92 Å². The summed E-state index contributed by atoms with van der Waals surface area (Å²) < 4.78 is 0. The molecule has 22 N–H and O–H groups in total. The van der Waals surface area contributed by atoms with E-state index in [-0.39, 0.29) is 82.8 Å². The van der Waals surface area contributed by atoms with Crippen molar-refractivity contribution < 1.29 is 77.6 Å². The fourth-order valence-electron chi connectivity index (χ4n) is 8.54. The molecule has 10 amide bonds. The van der Waals surface area contributed by atoms with Gasteiger partial charge in [-0.25, -0.2) is 4.79 Å². The van der Waals surface area contributed by atoms with Gasteiger partial charge < -0.3 is 91.8 Å². The summed E-state index contributed by atoms with van der Waals surface area (Å²) in [5.74, 6) is -14.8. The van der Waals surface area contributed by atoms with Crippen molar-refractivity contribution in [2.45, 2.75) is 198 Å². The molecule has 0 aliphatic heterocycles. The molecule has 85 heavy (non-hydrogen) atoms. The first kappa shape index (κ1) is 75.2. The summed E-state index contributed by atoms with van der Waals surface area (Å²) in [4.78, 5) is 173. The van der Waals surface area contributed by atoms with Crippen LogP contribution in [0.2, 0.25) is 0 Å². The lowest BCUT2D eigenvalue weighted by atomic mass is 10.00. The van der Waals surface area contributed by atoms with Crippen LogP contribution in [0.25, 0.3) is 0 Å². The van der Waals surface area contributed by atoms with E-state index in [0.717, 1.165) is 0 Å². The predicted molar refractivity (Wildman–Crippen MR) is 309 cm³/mol. The van der Waals surface area contributed by atoms with Gasteiger partial charge in [-0.15, -0.1) is 0 Å². The Balaban J connectivity index is 3.63. The summed E-state index contributed by atoms with van der Waals surface area (Å²) in [5, 5.41) is 51.6. The average Bonchev–Trinajstić information content (AvgIpc) is 3.44. The first-order chi connectivity index (χ1) is 40.0. The minimum Gasteiger partial charge on any atom is -0.481 e. The van der Waals surface area contributed by atoms with Gasteiger partial charge in [0.15, 0.2) is 0 Å². The number of benzene rings is 1. The molecule has 0 radical (unpaired) electrons. The number of nitrogens with one attached hydrogen (secondary N) is 9. The van der Waals surface area contributed by atoms with Gasteiger partial charge in [0.1, 0.15) is 54.4 Å². The molecule has 0 unspecified atom stereocenters. The lowest BCUT2D eigenvalue weighted by Gasteiger charge is -2.28. The number of carbonyl (C=O) groups excluding carboxylic acids is 10. The Morgan fingerprint density at radius 1 is 0.400 bits per heavy atom. The summed E-state index contributed by atoms with van der Waals surface area (Å²) in [6, 6.07) is -6.69. The molecule has 30 nitrogen and oxygen atoms in total. The van der Waals surface area contributed by atoms with Crippen LogP contribution in [0.4, 0.5) is 0 Å². The Kier molecular flexibility index (Phi) is 35.8. The third kappa shape index (κ3) is 31.0. The minimum atomic E-state index is -1.94. The number of carboxylic acids is 3. The summed E-state index contributed by atoms with van der Waals surface area (Å²) in [7, 11) is 0. The molecule has 1 rings (SSSR count). The summed E-state index contributed by atoms with van der Waals surface area (Å²) >= 11 is 0. The van der Waals surface area contributed by atoms with E-state index >= 15 is 0 Å². The van der Waals surface area contributed by atoms with Crippen molar-refractivity contribution in [3.8, 4) is 0 Å². The number of unbranched alkanes of at least 4 members (excludes halogenated alkanes) is 3. The molecule has 478 valence electrons. The fraction of sp³-hybridized carbons (Fsp3) is 0.655. The van der Waals surface area contributed by atoms with E-state index in [1.54, 1.807) is 58.0 Å². The maximum absolute atomic E-state index is 14.3. The molecule has 10 atom stereocenters. The number of hydrogen-bond acceptors (Lipinski definition) is 17. The van der Waals surface area contributed by atoms with Crippen LogP contribution in [0.15, 0.2) is 30.3 Å². The van der Waals surface area contributed by atoms with Gasteiger partial charge in [-0.05, 0) is 121 Å². The number of amides is 10. The predicted octanol–water partition coefficient (Wildman–Crippen LogP) is -3.28. The third-order valence-corrected chi connectivity index (χ3v) is 13.1. The Bertz CT molecular complexity index is 2380. The number of hydrogen-bond donors (Lipinski definition) is 17. The van der Waals surface area contributed by atoms with Crippen molar-refractivity contribution in [3.63, 3.8) is 0 Å². The zero-order valence-corrected chi connectivity index (χ0v) is 49.3. The van der Waals surface area contributed by atoms with Crippen molar-refractivity contribution in [3.05, 3.63) is 35.9 Å². The molecule has 0 bridgehead atoms. The highest BCUT2D eigenvalue weighted by molar-refractivity contribution is 6.00. The maximum atomic E-state index is 14.3. The summed E-state index contributed by atoms with van der Waals surface area (Å²) in [6.07, 6.45) is -1.48. The van der Waals surface area contributed by atoms with Crippen molar-refractivity contribution in [1.29, 1.82) is 0 Å². The molecule has 0 saturated carbocycles. The van der Waals surface area contributed by atoms with Crippen LogP contribution in [0, 0.1) is 11.8 Å². The van der Waals surface area contributed by atoms with Gasteiger partial charge in [-0.2, -0.15) is 0 Å². The minimum absolute atomic E-state index is 0.0168. The van der Waals surface area contributed by atoms with Crippen LogP contribution >= 0.6 is 0 Å². The number of carbonyl (C=O) groups is 13. The van der Waals surface area contributed by atoms with E-state index in [0.29, 0.717) is 31.2 Å². The maximum Gasteiger partial charge on any atom is 0.326 e. The number of rotatable bonds is 44. The molecule has 0 aromatic heterocycles. The zero-order valence-electron chi connectivity index (χ0n) is 49.3. The van der Waals surface area contributed by atoms with Crippen molar-refractivity contribution in [1.82, 2.24) is 47.9 Å². The van der Waals surface area contributed by atoms with Gasteiger partial charge in [-0.1, -0.05) is 58.0 Å². The molecule has 1 aromatic rings. The third-order valence-electron chi connectivity index (χ3n) is 13.1. The highest BCUT2D eigenvalue weighted by Gasteiger charge is 2.37. The molecule has 30 heteroatoms. The highest BCUT2D eigenvalue weighted by Crippen LogP contribution is 2.13. The number of aliphatic carboxylic acids is 3. The molecule has 0 fully saturated rings. The fourth-order valence-corrected chi connectivity index (χ4v) is 8.54. The summed E-state index contributed by atoms with van der Waals surface area (Å²) in [5.41, 5.74) is 28.6. The zero-order chi connectivity index (χ0) is 64.3. The molecule has 0 aliphatic rings. The summed E-state index contributed by atoms with van der Waals surface area (Å²) in [6.45, 7) is 8.99. The van der Waals surface area contributed by atoms with Crippen molar-refractivity contribution >= 4 is 77.0 Å². The Labute approximate surface area is 494 Å². The number of carboxylic acid groups (broad SMARTS) is 3. The van der Waals surface area contributed by atoms with E-state index < -0.39 is 163 Å². The second kappa shape index (κ2) is 40.4. The van der Waals surface area contributed by atoms with E-state index in [2.05, 4.69) is 47.9 Å². The second-order valence-electron chi connectivity index (χ2n) is 21.7. The molecule has 0 spiro atoms. The average molecular weight is 1210 g/mol. The largest absolute Gasteiger partial charge is 0.481 e. The van der Waals surface area contributed by atoms with Crippen LogP contribution in [-0.4, -0.2) is 172 Å². The molecular weight excluding hydrogens is 1110 g/mol. The standard InChI is InChI=1S/C55H92N14O16/c1-30(2)25-38(65-46(75)32(5)59)51(80)67-40(27-33-15-7-6-8-16-33)52(81)69-42(29-45(73)74)54(83)63-36(20-21-43(60)70)49(78)66-39(26-31(3)4)50(79)61-35(18-10-13-23-57)48(77)68-41(28-44(71)72)53(82)62-34(17-9-12-22-56)47(76)64-37(55(84)85)19-11-14-24-58/h6-8,15-16,30-32,34-42H,9-14,17-29,56-59H2,1-5H3,(H2,60,70)(H,61,79)(H,62,82)(H,63,83)(H,64,76)(H,65,75)(H,66,78)(H,67,80)(H,68,77)(H,69,81)(H,71,72)(H,73,74)(H,84,85)/t32-,34-,35-,36-,37-,38-,39-,40-,41-,42-/m0/s1. The van der Waals surface area contributed by atoms with Crippen molar-refractivity contribution in [2.24, 2.45) is 40.5 Å². The Morgan fingerprint density at radius 3 is 1.06 bits per heavy atom. The molecule has 1 aromatic carbocycles. The van der Waals surface area contributed by atoms with Crippen LogP contribution < -0.4 is 76.5 Å². The van der Waals surface area contributed by atoms with Gasteiger partial charge in [-0.3, -0.25) is 57.5 Å². The van der Waals surface area contributed by atoms with Gasteiger partial charge in [0.2, 0.25) is 59.1 Å². The normalized spacial score (nSPS) is 14.7. The quantitative estimate of drug-likeness (QED) is 0.0285. The van der Waals surface area contributed by atoms with E-state index in [4.69, 9.17) is 28.7 Å². The topological polar surface area (TPSA) is 521 Å². The lowest BCUT2D eigenvalue weighted by Crippen LogP contribution is -2.61. The van der Waals surface area contributed by atoms with Crippen LogP contribution in [0.1, 0.15) is 136 Å². The monoisotopic (exact) mass is 1200 g/mol. The van der Waals surface area contributed by atoms with Gasteiger partial charge in [0.25, 0.3) is 0 Å². The SMILES string of the molecule is CC(C)C[C@H](NC(=O)[C@H](C)N)C(=O)N[C@@H](Cc1ccccc1)C(=O)N[C@@H](CC(=O)O)C(=O)N[C@@H](CCC(N)=O)C(=O)N[C@@H](CC(C)C)C(=O)N[C@@H](CCCCN)C(=O)N[C@@H](CC(=O)O)C(=O)N[C@@H](CCCCN)C(=O)N[C@@H](CCCCN)C(=O)O. The molecular formula is C55H92N14O16. The highest BCUT2D eigenvalue weighted by atomic mass is 16.4. The Hall–Kier alpha value is -7.83. The van der Waals surface area contributed by atoms with E-state index in [1.807, 2.05) is 0 Å². The van der Waals surface area contributed by atoms with Crippen LogP contribution in [-0.2, 0) is 68.7 Å². The first-order valence-corrected chi connectivity index (χ1v) is 28.6. The second-order valence-corrected chi connectivity index (χ2v) is 21.7.